The van der Waals surface area contributed by atoms with Crippen molar-refractivity contribution in [2.75, 3.05) is 10.6 Å². The van der Waals surface area contributed by atoms with Crippen LogP contribution in [0.25, 0.3) is 6.08 Å². The third-order valence-electron chi connectivity index (χ3n) is 3.97. The average Bonchev–Trinajstić information content (AvgIpc) is 3.22. The van der Waals surface area contributed by atoms with Crippen molar-refractivity contribution in [3.8, 4) is 0 Å². The number of nitrogens with one attached hydrogen (secondary N) is 3. The molecule has 146 valence electrons. The van der Waals surface area contributed by atoms with Crippen LogP contribution in [0.5, 0.6) is 0 Å². The second-order valence-electron chi connectivity index (χ2n) is 6.14. The quantitative estimate of drug-likeness (QED) is 0.407. The lowest BCUT2D eigenvalue weighted by atomic mass is 10.1. The first kappa shape index (κ1) is 20.4. The van der Waals surface area contributed by atoms with Gasteiger partial charge in [0.05, 0.1) is 0 Å². The predicted molar refractivity (Wildman–Crippen MR) is 123 cm³/mol. The van der Waals surface area contributed by atoms with E-state index in [2.05, 4.69) is 16.0 Å². The molecule has 0 bridgehead atoms. The molecule has 1 heterocycles. The van der Waals surface area contributed by atoms with Gasteiger partial charge in [0.15, 0.2) is 5.11 Å². The van der Waals surface area contributed by atoms with Crippen LogP contribution < -0.4 is 16.0 Å². The van der Waals surface area contributed by atoms with Gasteiger partial charge in [0.1, 0.15) is 0 Å². The molecule has 0 fully saturated rings. The highest BCUT2D eigenvalue weighted by molar-refractivity contribution is 7.80. The molecule has 29 heavy (non-hydrogen) atoms. The van der Waals surface area contributed by atoms with Crippen molar-refractivity contribution in [3.63, 3.8) is 0 Å². The normalized spacial score (nSPS) is 10.5. The lowest BCUT2D eigenvalue weighted by Gasteiger charge is -2.10. The number of carbonyl (C=O) groups is 2. The van der Waals surface area contributed by atoms with Gasteiger partial charge in [-0.3, -0.25) is 14.9 Å². The largest absolute Gasteiger partial charge is 0.332 e. The average molecular weight is 422 g/mol. The summed E-state index contributed by atoms with van der Waals surface area (Å²) in [5, 5.41) is 10.5. The van der Waals surface area contributed by atoms with Crippen molar-refractivity contribution in [1.29, 1.82) is 0 Å². The molecular formula is C22H19N3O2S2. The number of thiophene rings is 1. The van der Waals surface area contributed by atoms with E-state index in [1.165, 1.54) is 6.08 Å². The molecule has 5 nitrogen and oxygen atoms in total. The van der Waals surface area contributed by atoms with Crippen LogP contribution in [0.1, 0.15) is 20.8 Å². The molecule has 0 unspecified atom stereocenters. The van der Waals surface area contributed by atoms with Crippen molar-refractivity contribution >= 4 is 57.9 Å². The minimum Gasteiger partial charge on any atom is -0.332 e. The first-order valence-corrected chi connectivity index (χ1v) is 10.1. The molecule has 0 aliphatic rings. The van der Waals surface area contributed by atoms with Gasteiger partial charge in [-0.25, -0.2) is 0 Å². The first-order chi connectivity index (χ1) is 14.0. The molecule has 0 radical (unpaired) electrons. The molecule has 2 amide bonds. The molecule has 0 saturated heterocycles. The number of thiocarbonyl (C=S) groups is 1. The molecule has 2 aromatic carbocycles. The van der Waals surface area contributed by atoms with Crippen LogP contribution in [0.3, 0.4) is 0 Å². The highest BCUT2D eigenvalue weighted by Crippen LogP contribution is 2.16. The lowest BCUT2D eigenvalue weighted by molar-refractivity contribution is -0.115. The maximum absolute atomic E-state index is 12.4. The van der Waals surface area contributed by atoms with Gasteiger partial charge in [0.2, 0.25) is 5.91 Å². The summed E-state index contributed by atoms with van der Waals surface area (Å²) >= 11 is 6.71. The van der Waals surface area contributed by atoms with E-state index < -0.39 is 0 Å². The van der Waals surface area contributed by atoms with Gasteiger partial charge in [-0.05, 0) is 72.6 Å². The Hall–Kier alpha value is -3.29. The smallest absolute Gasteiger partial charge is 0.255 e. The molecule has 1 aromatic heterocycles. The second kappa shape index (κ2) is 9.77. The fourth-order valence-corrected chi connectivity index (χ4v) is 3.36. The van der Waals surface area contributed by atoms with Crippen LogP contribution in [-0.2, 0) is 4.79 Å². The van der Waals surface area contributed by atoms with Gasteiger partial charge in [0.25, 0.3) is 5.91 Å². The summed E-state index contributed by atoms with van der Waals surface area (Å²) in [4.78, 5) is 25.3. The predicted octanol–water partition coefficient (Wildman–Crippen LogP) is 4.84. The standard InChI is InChI=1S/C22H19N3O2S2/c1-15-5-2-3-7-19(15)21(27)23-16-8-10-17(11-9-16)24-22(28)25-20(26)13-12-18-6-4-14-29-18/h2-14H,1H3,(H,23,27)(H2,24,25,26,28)/b13-12+. The molecule has 0 spiro atoms. The van der Waals surface area contributed by atoms with Crippen LogP contribution >= 0.6 is 23.6 Å². The van der Waals surface area contributed by atoms with Gasteiger partial charge in [-0.1, -0.05) is 24.3 Å². The third kappa shape index (κ3) is 6.10. The topological polar surface area (TPSA) is 70.2 Å². The van der Waals surface area contributed by atoms with Gasteiger partial charge in [-0.15, -0.1) is 11.3 Å². The van der Waals surface area contributed by atoms with Gasteiger partial charge >= 0.3 is 0 Å². The highest BCUT2D eigenvalue weighted by Gasteiger charge is 2.08. The highest BCUT2D eigenvalue weighted by atomic mass is 32.1. The Labute approximate surface area is 178 Å². The van der Waals surface area contributed by atoms with Crippen molar-refractivity contribution in [2.24, 2.45) is 0 Å². The summed E-state index contributed by atoms with van der Waals surface area (Å²) in [6.45, 7) is 1.90. The van der Waals surface area contributed by atoms with E-state index in [0.717, 1.165) is 10.4 Å². The Morgan fingerprint density at radius 3 is 2.28 bits per heavy atom. The molecule has 0 saturated carbocycles. The number of anilines is 2. The van der Waals surface area contributed by atoms with Crippen LogP contribution in [0.15, 0.2) is 72.1 Å². The van der Waals surface area contributed by atoms with Gasteiger partial charge < -0.3 is 10.6 Å². The molecule has 0 atom stereocenters. The van der Waals surface area contributed by atoms with E-state index in [9.17, 15) is 9.59 Å². The van der Waals surface area contributed by atoms with Crippen molar-refractivity contribution in [2.45, 2.75) is 6.92 Å². The van der Waals surface area contributed by atoms with Crippen LogP contribution in [0.2, 0.25) is 0 Å². The molecule has 3 rings (SSSR count). The first-order valence-electron chi connectivity index (χ1n) is 8.82. The summed E-state index contributed by atoms with van der Waals surface area (Å²) in [5.41, 5.74) is 2.91. The van der Waals surface area contributed by atoms with E-state index in [1.807, 2.05) is 42.6 Å². The van der Waals surface area contributed by atoms with Crippen molar-refractivity contribution in [3.05, 3.63) is 88.1 Å². The number of rotatable bonds is 5. The van der Waals surface area contributed by atoms with Crippen molar-refractivity contribution in [1.82, 2.24) is 5.32 Å². The van der Waals surface area contributed by atoms with Crippen molar-refractivity contribution < 1.29 is 9.59 Å². The zero-order valence-corrected chi connectivity index (χ0v) is 17.3. The summed E-state index contributed by atoms with van der Waals surface area (Å²) in [7, 11) is 0. The Morgan fingerprint density at radius 2 is 1.62 bits per heavy atom. The maximum Gasteiger partial charge on any atom is 0.255 e. The van der Waals surface area contributed by atoms with E-state index in [-0.39, 0.29) is 16.9 Å². The molecule has 7 heteroatoms. The number of hydrogen-bond donors (Lipinski definition) is 3. The number of aryl methyl sites for hydroxylation is 1. The van der Waals surface area contributed by atoms with Gasteiger partial charge in [0, 0.05) is 27.9 Å². The van der Waals surface area contributed by atoms with Crippen LogP contribution in [-0.4, -0.2) is 16.9 Å². The zero-order chi connectivity index (χ0) is 20.6. The molecular weight excluding hydrogens is 402 g/mol. The third-order valence-corrected chi connectivity index (χ3v) is 5.01. The number of hydrogen-bond acceptors (Lipinski definition) is 4. The summed E-state index contributed by atoms with van der Waals surface area (Å²) in [5.74, 6) is -0.470. The van der Waals surface area contributed by atoms with E-state index in [4.69, 9.17) is 12.2 Å². The Morgan fingerprint density at radius 1 is 0.931 bits per heavy atom. The SMILES string of the molecule is Cc1ccccc1C(=O)Nc1ccc(NC(=S)NC(=O)/C=C/c2cccs2)cc1. The Kier molecular flexibility index (Phi) is 6.89. The molecule has 3 aromatic rings. The fraction of sp³-hybridized carbons (Fsp3) is 0.0455. The van der Waals surface area contributed by atoms with Gasteiger partial charge in [-0.2, -0.15) is 0 Å². The Balaban J connectivity index is 1.52. The number of carbonyl (C=O) groups excluding carboxylic acids is 2. The molecule has 0 aliphatic carbocycles. The fourth-order valence-electron chi connectivity index (χ4n) is 2.52. The Bertz CT molecular complexity index is 1040. The second-order valence-corrected chi connectivity index (χ2v) is 7.53. The summed E-state index contributed by atoms with van der Waals surface area (Å²) < 4.78 is 0. The molecule has 0 aliphatic heterocycles. The van der Waals surface area contributed by atoms with E-state index >= 15 is 0 Å². The van der Waals surface area contributed by atoms with E-state index in [1.54, 1.807) is 47.7 Å². The monoisotopic (exact) mass is 421 g/mol. The van der Waals surface area contributed by atoms with Crippen LogP contribution in [0, 0.1) is 6.92 Å². The van der Waals surface area contributed by atoms with Crippen LogP contribution in [0.4, 0.5) is 11.4 Å². The number of amides is 2. The lowest BCUT2D eigenvalue weighted by Crippen LogP contribution is -2.32. The van der Waals surface area contributed by atoms with E-state index in [0.29, 0.717) is 16.9 Å². The minimum atomic E-state index is -0.307. The zero-order valence-electron chi connectivity index (χ0n) is 15.6. The molecule has 3 N–H and O–H groups in total. The maximum atomic E-state index is 12.4. The minimum absolute atomic E-state index is 0.163. The summed E-state index contributed by atoms with van der Waals surface area (Å²) in [6, 6.07) is 18.3. The summed E-state index contributed by atoms with van der Waals surface area (Å²) in [6.07, 6.45) is 3.17. The number of benzene rings is 2.